The van der Waals surface area contributed by atoms with E-state index in [1.165, 1.54) is 0 Å². The van der Waals surface area contributed by atoms with Crippen LogP contribution in [0.15, 0.2) is 24.3 Å². The van der Waals surface area contributed by atoms with Gasteiger partial charge in [0.05, 0.1) is 19.8 Å². The van der Waals surface area contributed by atoms with Crippen molar-refractivity contribution in [1.29, 1.82) is 0 Å². The van der Waals surface area contributed by atoms with Crippen molar-refractivity contribution < 1.29 is 19.3 Å². The third-order valence-electron chi connectivity index (χ3n) is 2.73. The standard InChI is InChI=1S/C13H19NO4/c14-5-10-1-3-12(4-2-10)17-6-11(15)7-18-13-8-16-9-13/h1-4,11,13,15H,5-9,14H2. The average molecular weight is 253 g/mol. The SMILES string of the molecule is NCc1ccc(OCC(O)COC2COC2)cc1. The van der Waals surface area contributed by atoms with Gasteiger partial charge in [-0.1, -0.05) is 12.1 Å². The van der Waals surface area contributed by atoms with Crippen molar-refractivity contribution in [2.45, 2.75) is 18.8 Å². The summed E-state index contributed by atoms with van der Waals surface area (Å²) in [6, 6.07) is 7.50. The van der Waals surface area contributed by atoms with Gasteiger partial charge >= 0.3 is 0 Å². The highest BCUT2D eigenvalue weighted by Gasteiger charge is 2.20. The molecule has 1 aromatic rings. The molecular weight excluding hydrogens is 234 g/mol. The molecule has 0 radical (unpaired) electrons. The molecule has 5 heteroatoms. The molecule has 0 bridgehead atoms. The second kappa shape index (κ2) is 6.70. The lowest BCUT2D eigenvalue weighted by Gasteiger charge is -2.27. The lowest BCUT2D eigenvalue weighted by Crippen LogP contribution is -2.38. The molecule has 1 atom stereocenters. The Kier molecular flexibility index (Phi) is 4.95. The summed E-state index contributed by atoms with van der Waals surface area (Å²) in [5.74, 6) is 0.721. The third kappa shape index (κ3) is 3.96. The number of rotatable bonds is 7. The Morgan fingerprint density at radius 2 is 2.00 bits per heavy atom. The van der Waals surface area contributed by atoms with Crippen LogP contribution in [0.2, 0.25) is 0 Å². The molecule has 1 aliphatic heterocycles. The number of hydrogen-bond donors (Lipinski definition) is 2. The van der Waals surface area contributed by atoms with Gasteiger partial charge in [-0.05, 0) is 17.7 Å². The number of hydrogen-bond acceptors (Lipinski definition) is 5. The monoisotopic (exact) mass is 253 g/mol. The van der Waals surface area contributed by atoms with Crippen LogP contribution in [0.3, 0.4) is 0 Å². The van der Waals surface area contributed by atoms with Gasteiger partial charge in [0.25, 0.3) is 0 Å². The first-order valence-corrected chi connectivity index (χ1v) is 6.07. The molecule has 0 amide bonds. The highest BCUT2D eigenvalue weighted by molar-refractivity contribution is 5.27. The molecule has 2 rings (SSSR count). The van der Waals surface area contributed by atoms with Crippen LogP contribution in [-0.2, 0) is 16.0 Å². The van der Waals surface area contributed by atoms with Crippen molar-refractivity contribution in [2.75, 3.05) is 26.4 Å². The number of aliphatic hydroxyl groups excluding tert-OH is 1. The van der Waals surface area contributed by atoms with Crippen LogP contribution in [0.4, 0.5) is 0 Å². The molecule has 0 spiro atoms. The van der Waals surface area contributed by atoms with E-state index in [4.69, 9.17) is 19.9 Å². The fourth-order valence-corrected chi connectivity index (χ4v) is 1.52. The number of benzene rings is 1. The maximum atomic E-state index is 9.67. The van der Waals surface area contributed by atoms with Crippen molar-refractivity contribution in [3.8, 4) is 5.75 Å². The molecule has 1 saturated heterocycles. The van der Waals surface area contributed by atoms with Crippen molar-refractivity contribution in [3.05, 3.63) is 29.8 Å². The minimum atomic E-state index is -0.625. The first kappa shape index (κ1) is 13.3. The van der Waals surface area contributed by atoms with Crippen LogP contribution in [0.25, 0.3) is 0 Å². The Labute approximate surface area is 106 Å². The summed E-state index contributed by atoms with van der Waals surface area (Å²) < 4.78 is 15.8. The summed E-state index contributed by atoms with van der Waals surface area (Å²) in [6.45, 7) is 2.24. The summed E-state index contributed by atoms with van der Waals surface area (Å²) in [4.78, 5) is 0. The highest BCUT2D eigenvalue weighted by Crippen LogP contribution is 2.12. The summed E-state index contributed by atoms with van der Waals surface area (Å²) in [7, 11) is 0. The van der Waals surface area contributed by atoms with Gasteiger partial charge in [-0.3, -0.25) is 0 Å². The van der Waals surface area contributed by atoms with Gasteiger partial charge in [-0.15, -0.1) is 0 Å². The molecule has 0 aromatic heterocycles. The van der Waals surface area contributed by atoms with Gasteiger partial charge in [0, 0.05) is 6.54 Å². The van der Waals surface area contributed by atoms with Crippen LogP contribution in [0.5, 0.6) is 5.75 Å². The van der Waals surface area contributed by atoms with E-state index in [0.717, 1.165) is 11.3 Å². The van der Waals surface area contributed by atoms with Crippen LogP contribution in [0.1, 0.15) is 5.56 Å². The number of aliphatic hydroxyl groups is 1. The molecule has 3 N–H and O–H groups in total. The van der Waals surface area contributed by atoms with E-state index in [1.54, 1.807) is 0 Å². The molecule has 1 fully saturated rings. The molecule has 1 aromatic carbocycles. The zero-order valence-electron chi connectivity index (χ0n) is 10.2. The van der Waals surface area contributed by atoms with Gasteiger partial charge in [0.15, 0.2) is 0 Å². The molecule has 1 unspecified atom stereocenters. The first-order chi connectivity index (χ1) is 8.78. The lowest BCUT2D eigenvalue weighted by molar-refractivity contribution is -0.145. The highest BCUT2D eigenvalue weighted by atomic mass is 16.6. The van der Waals surface area contributed by atoms with Crippen LogP contribution >= 0.6 is 0 Å². The number of nitrogens with two attached hydrogens (primary N) is 1. The maximum absolute atomic E-state index is 9.67. The van der Waals surface area contributed by atoms with E-state index >= 15 is 0 Å². The lowest BCUT2D eigenvalue weighted by atomic mass is 10.2. The quantitative estimate of drug-likeness (QED) is 0.731. The fraction of sp³-hybridized carbons (Fsp3) is 0.538. The fourth-order valence-electron chi connectivity index (χ4n) is 1.52. The van der Waals surface area contributed by atoms with Crippen molar-refractivity contribution in [2.24, 2.45) is 5.73 Å². The summed E-state index contributed by atoms with van der Waals surface area (Å²) in [6.07, 6.45) is -0.497. The van der Waals surface area contributed by atoms with Gasteiger partial charge in [-0.2, -0.15) is 0 Å². The maximum Gasteiger partial charge on any atom is 0.119 e. The normalized spacial score (nSPS) is 17.2. The largest absolute Gasteiger partial charge is 0.491 e. The van der Waals surface area contributed by atoms with Gasteiger partial charge in [0.1, 0.15) is 24.6 Å². The smallest absolute Gasteiger partial charge is 0.119 e. The van der Waals surface area contributed by atoms with Crippen LogP contribution < -0.4 is 10.5 Å². The van der Waals surface area contributed by atoms with Crippen molar-refractivity contribution in [3.63, 3.8) is 0 Å². The molecular formula is C13H19NO4. The zero-order chi connectivity index (χ0) is 12.8. The van der Waals surface area contributed by atoms with Gasteiger partial charge in [-0.25, -0.2) is 0 Å². The molecule has 1 aliphatic rings. The van der Waals surface area contributed by atoms with E-state index in [0.29, 0.717) is 19.8 Å². The predicted molar refractivity (Wildman–Crippen MR) is 66.4 cm³/mol. The van der Waals surface area contributed by atoms with Crippen molar-refractivity contribution >= 4 is 0 Å². The van der Waals surface area contributed by atoms with Gasteiger partial charge in [0.2, 0.25) is 0 Å². The van der Waals surface area contributed by atoms with E-state index in [1.807, 2.05) is 24.3 Å². The first-order valence-electron chi connectivity index (χ1n) is 6.07. The van der Waals surface area contributed by atoms with E-state index < -0.39 is 6.10 Å². The molecule has 18 heavy (non-hydrogen) atoms. The second-order valence-corrected chi connectivity index (χ2v) is 4.31. The number of ether oxygens (including phenoxy) is 3. The second-order valence-electron chi connectivity index (χ2n) is 4.31. The summed E-state index contributed by atoms with van der Waals surface area (Å²) >= 11 is 0. The van der Waals surface area contributed by atoms with Crippen LogP contribution in [0, 0.1) is 0 Å². The molecule has 0 aliphatic carbocycles. The third-order valence-corrected chi connectivity index (χ3v) is 2.73. The van der Waals surface area contributed by atoms with E-state index in [9.17, 15) is 5.11 Å². The Hall–Kier alpha value is -1.14. The molecule has 5 nitrogen and oxygen atoms in total. The average Bonchev–Trinajstić information content (AvgIpc) is 2.35. The van der Waals surface area contributed by atoms with Crippen LogP contribution in [-0.4, -0.2) is 43.7 Å². The minimum Gasteiger partial charge on any atom is -0.491 e. The molecule has 0 saturated carbocycles. The Morgan fingerprint density at radius 3 is 2.56 bits per heavy atom. The minimum absolute atomic E-state index is 0.128. The Morgan fingerprint density at radius 1 is 1.28 bits per heavy atom. The Bertz CT molecular complexity index is 351. The predicted octanol–water partition coefficient (Wildman–Crippen LogP) is 0.300. The Balaban J connectivity index is 1.65. The molecule has 1 heterocycles. The van der Waals surface area contributed by atoms with Crippen molar-refractivity contribution in [1.82, 2.24) is 0 Å². The zero-order valence-corrected chi connectivity index (χ0v) is 10.2. The summed E-state index contributed by atoms with van der Waals surface area (Å²) in [5.41, 5.74) is 6.55. The topological polar surface area (TPSA) is 73.9 Å². The van der Waals surface area contributed by atoms with Gasteiger partial charge < -0.3 is 25.1 Å². The van der Waals surface area contributed by atoms with E-state index in [-0.39, 0.29) is 19.3 Å². The summed E-state index contributed by atoms with van der Waals surface area (Å²) in [5, 5.41) is 9.67. The van der Waals surface area contributed by atoms with E-state index in [2.05, 4.69) is 0 Å². The molecule has 100 valence electrons.